The lowest BCUT2D eigenvalue weighted by atomic mass is 10.2. The highest BCUT2D eigenvalue weighted by molar-refractivity contribution is 7.13. The van der Waals surface area contributed by atoms with E-state index >= 15 is 0 Å². The minimum atomic E-state index is 0.805. The largest absolute Gasteiger partial charge is 0.398 e. The van der Waals surface area contributed by atoms with Gasteiger partial charge in [-0.05, 0) is 25.0 Å². The van der Waals surface area contributed by atoms with Crippen molar-refractivity contribution < 1.29 is 0 Å². The van der Waals surface area contributed by atoms with Gasteiger partial charge in [0.2, 0.25) is 0 Å². The minimum absolute atomic E-state index is 0.805. The van der Waals surface area contributed by atoms with E-state index in [9.17, 15) is 0 Å². The first-order chi connectivity index (χ1) is 7.81. The van der Waals surface area contributed by atoms with Crippen LogP contribution >= 0.6 is 11.3 Å². The van der Waals surface area contributed by atoms with E-state index in [2.05, 4.69) is 17.3 Å². The van der Waals surface area contributed by atoms with Gasteiger partial charge in [0, 0.05) is 16.6 Å². The third-order valence-electron chi connectivity index (χ3n) is 2.53. The number of aromatic nitrogens is 1. The average molecular weight is 232 g/mol. The lowest BCUT2D eigenvalue weighted by Gasteiger charge is -2.00. The molecule has 0 atom stereocenters. The maximum atomic E-state index is 5.93. The Morgan fingerprint density at radius 2 is 2.12 bits per heavy atom. The number of nitrogens with zero attached hydrogens (tertiary/aromatic N) is 1. The van der Waals surface area contributed by atoms with Crippen LogP contribution < -0.4 is 5.73 Å². The number of nitrogens with two attached hydrogens (primary N) is 1. The molecule has 0 saturated carbocycles. The van der Waals surface area contributed by atoms with Gasteiger partial charge in [0.25, 0.3) is 0 Å². The van der Waals surface area contributed by atoms with Crippen LogP contribution in [0.4, 0.5) is 5.69 Å². The summed E-state index contributed by atoms with van der Waals surface area (Å²) in [7, 11) is 0. The molecule has 84 valence electrons. The van der Waals surface area contributed by atoms with E-state index in [0.29, 0.717) is 0 Å². The van der Waals surface area contributed by atoms with Gasteiger partial charge in [-0.2, -0.15) is 0 Å². The highest BCUT2D eigenvalue weighted by atomic mass is 32.1. The predicted octanol–water partition coefficient (Wildman–Crippen LogP) is 3.73. The third-order valence-corrected chi connectivity index (χ3v) is 3.45. The van der Waals surface area contributed by atoms with Crippen molar-refractivity contribution in [2.75, 3.05) is 5.73 Å². The molecule has 0 amide bonds. The fourth-order valence-corrected chi connectivity index (χ4v) is 2.50. The smallest absolute Gasteiger partial charge is 0.125 e. The molecule has 1 heterocycles. The van der Waals surface area contributed by atoms with Gasteiger partial charge >= 0.3 is 0 Å². The number of unbranched alkanes of at least 4 members (excludes halogenated alkanes) is 1. The molecule has 3 heteroatoms. The Labute approximate surface area is 100 Å². The van der Waals surface area contributed by atoms with Crippen LogP contribution in [0.5, 0.6) is 0 Å². The molecule has 0 aliphatic carbocycles. The van der Waals surface area contributed by atoms with Crippen LogP contribution in [-0.2, 0) is 6.42 Å². The van der Waals surface area contributed by atoms with Crippen LogP contribution in [0.1, 0.15) is 25.5 Å². The van der Waals surface area contributed by atoms with Crippen LogP contribution in [-0.4, -0.2) is 4.98 Å². The average Bonchev–Trinajstić information content (AvgIpc) is 2.75. The molecule has 16 heavy (non-hydrogen) atoms. The molecule has 2 rings (SSSR count). The van der Waals surface area contributed by atoms with Crippen molar-refractivity contribution in [3.63, 3.8) is 0 Å². The van der Waals surface area contributed by atoms with Gasteiger partial charge in [-0.15, -0.1) is 11.3 Å². The number of rotatable bonds is 4. The molecule has 0 aliphatic heterocycles. The van der Waals surface area contributed by atoms with Crippen molar-refractivity contribution in [3.8, 4) is 10.6 Å². The van der Waals surface area contributed by atoms with E-state index in [1.54, 1.807) is 11.3 Å². The molecule has 0 saturated heterocycles. The normalized spacial score (nSPS) is 10.6. The first-order valence-corrected chi connectivity index (χ1v) is 6.48. The second-order valence-electron chi connectivity index (χ2n) is 3.83. The summed E-state index contributed by atoms with van der Waals surface area (Å²) in [5.41, 5.74) is 8.97. The molecule has 1 aromatic heterocycles. The maximum Gasteiger partial charge on any atom is 0.125 e. The Balaban J connectivity index is 2.22. The molecule has 1 aromatic carbocycles. The molecule has 0 bridgehead atoms. The summed E-state index contributed by atoms with van der Waals surface area (Å²) < 4.78 is 0. The van der Waals surface area contributed by atoms with E-state index in [1.807, 2.05) is 24.3 Å². The van der Waals surface area contributed by atoms with Gasteiger partial charge in [0.1, 0.15) is 5.01 Å². The molecule has 2 nitrogen and oxygen atoms in total. The Kier molecular flexibility index (Phi) is 3.57. The highest BCUT2D eigenvalue weighted by Crippen LogP contribution is 2.28. The van der Waals surface area contributed by atoms with Crippen molar-refractivity contribution >= 4 is 17.0 Å². The van der Waals surface area contributed by atoms with Gasteiger partial charge in [-0.3, -0.25) is 0 Å². The Morgan fingerprint density at radius 1 is 1.31 bits per heavy atom. The number of aryl methyl sites for hydroxylation is 1. The number of thiazole rings is 1. The Morgan fingerprint density at radius 3 is 2.88 bits per heavy atom. The number of hydrogen-bond donors (Lipinski definition) is 1. The fourth-order valence-electron chi connectivity index (χ4n) is 1.60. The molecule has 0 radical (unpaired) electrons. The summed E-state index contributed by atoms with van der Waals surface area (Å²) in [6.45, 7) is 2.20. The van der Waals surface area contributed by atoms with E-state index in [-0.39, 0.29) is 0 Å². The van der Waals surface area contributed by atoms with Crippen LogP contribution in [0, 0.1) is 0 Å². The molecule has 2 N–H and O–H groups in total. The van der Waals surface area contributed by atoms with Crippen LogP contribution in [0.3, 0.4) is 0 Å². The molecular formula is C13H16N2S. The standard InChI is InChI=1S/C13H16N2S/c1-2-3-6-10-9-16-13(15-10)11-7-4-5-8-12(11)14/h4-5,7-9H,2-3,6,14H2,1H3. The number of hydrogen-bond acceptors (Lipinski definition) is 3. The summed E-state index contributed by atoms with van der Waals surface area (Å²) in [6.07, 6.45) is 3.48. The summed E-state index contributed by atoms with van der Waals surface area (Å²) in [4.78, 5) is 4.62. The topological polar surface area (TPSA) is 38.9 Å². The quantitative estimate of drug-likeness (QED) is 0.816. The number of benzene rings is 1. The highest BCUT2D eigenvalue weighted by Gasteiger charge is 2.06. The Hall–Kier alpha value is -1.35. The molecule has 0 aliphatic rings. The predicted molar refractivity (Wildman–Crippen MR) is 70.6 cm³/mol. The number of para-hydroxylation sites is 1. The lowest BCUT2D eigenvalue weighted by Crippen LogP contribution is -1.89. The summed E-state index contributed by atoms with van der Waals surface area (Å²) in [5.74, 6) is 0. The monoisotopic (exact) mass is 232 g/mol. The first-order valence-electron chi connectivity index (χ1n) is 5.60. The van der Waals surface area contributed by atoms with Crippen molar-refractivity contribution in [3.05, 3.63) is 35.3 Å². The lowest BCUT2D eigenvalue weighted by molar-refractivity contribution is 0.781. The van der Waals surface area contributed by atoms with Gasteiger partial charge in [0.05, 0.1) is 5.69 Å². The first kappa shape index (κ1) is 11.1. The Bertz CT molecular complexity index is 462. The van der Waals surface area contributed by atoms with Crippen molar-refractivity contribution in [1.29, 1.82) is 0 Å². The van der Waals surface area contributed by atoms with Crippen molar-refractivity contribution in [2.24, 2.45) is 0 Å². The summed E-state index contributed by atoms with van der Waals surface area (Å²) >= 11 is 1.68. The second kappa shape index (κ2) is 5.12. The summed E-state index contributed by atoms with van der Waals surface area (Å²) in [5, 5.41) is 3.17. The van der Waals surface area contributed by atoms with E-state index in [0.717, 1.165) is 22.7 Å². The minimum Gasteiger partial charge on any atom is -0.398 e. The molecule has 2 aromatic rings. The van der Waals surface area contributed by atoms with E-state index in [4.69, 9.17) is 5.73 Å². The number of nitrogen functional groups attached to an aromatic ring is 1. The second-order valence-corrected chi connectivity index (χ2v) is 4.69. The van der Waals surface area contributed by atoms with Crippen LogP contribution in [0.2, 0.25) is 0 Å². The zero-order valence-corrected chi connectivity index (χ0v) is 10.3. The van der Waals surface area contributed by atoms with Gasteiger partial charge in [-0.1, -0.05) is 25.5 Å². The van der Waals surface area contributed by atoms with Crippen LogP contribution in [0.25, 0.3) is 10.6 Å². The van der Waals surface area contributed by atoms with Crippen molar-refractivity contribution in [1.82, 2.24) is 4.98 Å². The third kappa shape index (κ3) is 2.42. The van der Waals surface area contributed by atoms with E-state index in [1.165, 1.54) is 18.5 Å². The summed E-state index contributed by atoms with van der Waals surface area (Å²) in [6, 6.07) is 7.89. The maximum absolute atomic E-state index is 5.93. The van der Waals surface area contributed by atoms with Crippen molar-refractivity contribution in [2.45, 2.75) is 26.2 Å². The fraction of sp³-hybridized carbons (Fsp3) is 0.308. The van der Waals surface area contributed by atoms with E-state index < -0.39 is 0 Å². The zero-order valence-electron chi connectivity index (χ0n) is 9.44. The van der Waals surface area contributed by atoms with Gasteiger partial charge in [0.15, 0.2) is 0 Å². The van der Waals surface area contributed by atoms with Crippen LogP contribution in [0.15, 0.2) is 29.6 Å². The molecule has 0 unspecified atom stereocenters. The van der Waals surface area contributed by atoms with Gasteiger partial charge < -0.3 is 5.73 Å². The van der Waals surface area contributed by atoms with Gasteiger partial charge in [-0.25, -0.2) is 4.98 Å². The molecule has 0 spiro atoms. The molecule has 0 fully saturated rings. The number of anilines is 1. The SMILES string of the molecule is CCCCc1csc(-c2ccccc2N)n1. The zero-order chi connectivity index (χ0) is 11.4. The molecular weight excluding hydrogens is 216 g/mol.